The lowest BCUT2D eigenvalue weighted by Crippen LogP contribution is -2.33. The van der Waals surface area contributed by atoms with Crippen molar-refractivity contribution in [3.8, 4) is 11.8 Å². The highest BCUT2D eigenvalue weighted by Gasteiger charge is 2.16. The number of nitrogens with two attached hydrogens (primary N) is 1. The first kappa shape index (κ1) is 15.5. The van der Waals surface area contributed by atoms with Gasteiger partial charge in [-0.2, -0.15) is 0 Å². The molecule has 1 saturated heterocycles. The monoisotopic (exact) mass is 290 g/mol. The quantitative estimate of drug-likeness (QED) is 0.825. The fraction of sp³-hybridized carbons (Fsp3) is 0.438. The van der Waals surface area contributed by atoms with Crippen molar-refractivity contribution in [2.24, 2.45) is 11.7 Å². The van der Waals surface area contributed by atoms with Gasteiger partial charge in [0, 0.05) is 18.7 Å². The van der Waals surface area contributed by atoms with Crippen LogP contribution >= 0.6 is 0 Å². The Kier molecular flexibility index (Phi) is 5.73. The van der Waals surface area contributed by atoms with Gasteiger partial charge in [0.15, 0.2) is 0 Å². The van der Waals surface area contributed by atoms with Crippen LogP contribution < -0.4 is 11.1 Å². The van der Waals surface area contributed by atoms with E-state index in [1.165, 1.54) is 18.2 Å². The van der Waals surface area contributed by atoms with Crippen LogP contribution in [-0.4, -0.2) is 32.2 Å². The number of rotatable bonds is 3. The number of hydrogen-bond donors (Lipinski definition) is 2. The van der Waals surface area contributed by atoms with Gasteiger partial charge >= 0.3 is 0 Å². The molecule has 0 radical (unpaired) electrons. The second-order valence-corrected chi connectivity index (χ2v) is 4.99. The van der Waals surface area contributed by atoms with Crippen molar-refractivity contribution >= 4 is 5.91 Å². The molecular weight excluding hydrogens is 271 g/mol. The third-order valence-electron chi connectivity index (χ3n) is 3.36. The fourth-order valence-corrected chi connectivity index (χ4v) is 2.26. The maximum Gasteiger partial charge on any atom is 0.252 e. The van der Waals surface area contributed by atoms with Crippen molar-refractivity contribution in [2.75, 3.05) is 26.3 Å². The fourth-order valence-electron chi connectivity index (χ4n) is 2.26. The van der Waals surface area contributed by atoms with Gasteiger partial charge < -0.3 is 15.8 Å². The molecular formula is C16H19FN2O2. The van der Waals surface area contributed by atoms with Gasteiger partial charge in [-0.1, -0.05) is 11.8 Å². The smallest absolute Gasteiger partial charge is 0.252 e. The Balaban J connectivity index is 2.03. The molecule has 1 aliphatic heterocycles. The van der Waals surface area contributed by atoms with Crippen molar-refractivity contribution in [1.29, 1.82) is 0 Å². The number of benzene rings is 1. The molecule has 1 atom stereocenters. The molecule has 1 aliphatic rings. The second-order valence-electron chi connectivity index (χ2n) is 4.99. The SMILES string of the molecule is NCC#Cc1cc(F)ccc1C(=O)NCC1CCCOC1. The van der Waals surface area contributed by atoms with Gasteiger partial charge in [-0.3, -0.25) is 4.79 Å². The molecule has 0 aromatic heterocycles. The molecule has 1 aromatic carbocycles. The number of carbonyl (C=O) groups is 1. The van der Waals surface area contributed by atoms with E-state index in [4.69, 9.17) is 10.5 Å². The van der Waals surface area contributed by atoms with E-state index in [1.807, 2.05) is 0 Å². The number of nitrogens with one attached hydrogen (secondary N) is 1. The minimum atomic E-state index is -0.423. The predicted octanol–water partition coefficient (Wildman–Crippen LogP) is 1.29. The van der Waals surface area contributed by atoms with Crippen LogP contribution in [0.1, 0.15) is 28.8 Å². The summed E-state index contributed by atoms with van der Waals surface area (Å²) in [5.41, 5.74) is 6.04. The highest BCUT2D eigenvalue weighted by molar-refractivity contribution is 5.96. The molecule has 1 aromatic rings. The van der Waals surface area contributed by atoms with Crippen LogP contribution in [0.15, 0.2) is 18.2 Å². The summed E-state index contributed by atoms with van der Waals surface area (Å²) in [7, 11) is 0. The molecule has 0 bridgehead atoms. The molecule has 0 spiro atoms. The topological polar surface area (TPSA) is 64.4 Å². The Morgan fingerprint density at radius 2 is 2.38 bits per heavy atom. The van der Waals surface area contributed by atoms with E-state index < -0.39 is 5.82 Å². The summed E-state index contributed by atoms with van der Waals surface area (Å²) < 4.78 is 18.6. The summed E-state index contributed by atoms with van der Waals surface area (Å²) >= 11 is 0. The highest BCUT2D eigenvalue weighted by Crippen LogP contribution is 2.14. The minimum absolute atomic E-state index is 0.164. The molecule has 4 nitrogen and oxygen atoms in total. The molecule has 2 rings (SSSR count). The summed E-state index contributed by atoms with van der Waals surface area (Å²) in [5, 5.41) is 2.86. The second kappa shape index (κ2) is 7.77. The summed E-state index contributed by atoms with van der Waals surface area (Å²) in [6, 6.07) is 3.95. The molecule has 0 saturated carbocycles. The van der Waals surface area contributed by atoms with E-state index in [2.05, 4.69) is 17.2 Å². The van der Waals surface area contributed by atoms with Gasteiger partial charge in [-0.05, 0) is 37.0 Å². The molecule has 1 heterocycles. The van der Waals surface area contributed by atoms with Crippen LogP contribution in [0.4, 0.5) is 4.39 Å². The van der Waals surface area contributed by atoms with E-state index >= 15 is 0 Å². The average molecular weight is 290 g/mol. The molecule has 1 fully saturated rings. The van der Waals surface area contributed by atoms with E-state index in [0.717, 1.165) is 19.4 Å². The molecule has 3 N–H and O–H groups in total. The van der Waals surface area contributed by atoms with Gasteiger partial charge in [-0.15, -0.1) is 0 Å². The lowest BCUT2D eigenvalue weighted by molar-refractivity contribution is 0.0536. The number of halogens is 1. The summed E-state index contributed by atoms with van der Waals surface area (Å²) in [6.45, 7) is 2.18. The molecule has 1 unspecified atom stereocenters. The number of ether oxygens (including phenoxy) is 1. The third-order valence-corrected chi connectivity index (χ3v) is 3.36. The van der Waals surface area contributed by atoms with Crippen LogP contribution in [-0.2, 0) is 4.74 Å². The van der Waals surface area contributed by atoms with Crippen molar-refractivity contribution in [2.45, 2.75) is 12.8 Å². The van der Waals surface area contributed by atoms with E-state index in [0.29, 0.717) is 30.2 Å². The van der Waals surface area contributed by atoms with E-state index in [9.17, 15) is 9.18 Å². The van der Waals surface area contributed by atoms with Crippen molar-refractivity contribution in [3.05, 3.63) is 35.1 Å². The zero-order chi connectivity index (χ0) is 15.1. The largest absolute Gasteiger partial charge is 0.381 e. The van der Waals surface area contributed by atoms with Crippen LogP contribution in [0.5, 0.6) is 0 Å². The Morgan fingerprint density at radius 3 is 3.10 bits per heavy atom. The van der Waals surface area contributed by atoms with E-state index in [1.54, 1.807) is 0 Å². The first-order valence-corrected chi connectivity index (χ1v) is 7.05. The van der Waals surface area contributed by atoms with Crippen molar-refractivity contribution in [1.82, 2.24) is 5.32 Å². The van der Waals surface area contributed by atoms with Gasteiger partial charge in [0.2, 0.25) is 0 Å². The van der Waals surface area contributed by atoms with Gasteiger partial charge in [-0.25, -0.2) is 4.39 Å². The van der Waals surface area contributed by atoms with Crippen LogP contribution in [0.2, 0.25) is 0 Å². The Hall–Kier alpha value is -1.90. The molecule has 21 heavy (non-hydrogen) atoms. The first-order chi connectivity index (χ1) is 10.2. The van der Waals surface area contributed by atoms with Crippen molar-refractivity contribution < 1.29 is 13.9 Å². The van der Waals surface area contributed by atoms with Crippen LogP contribution in [0, 0.1) is 23.6 Å². The Bertz CT molecular complexity index is 557. The standard InChI is InChI=1S/C16H19FN2O2/c17-14-5-6-15(13(9-14)4-1-7-18)16(20)19-10-12-3-2-8-21-11-12/h5-6,9,12H,2-3,7-8,10-11,18H2,(H,19,20). The van der Waals surface area contributed by atoms with E-state index in [-0.39, 0.29) is 12.5 Å². The molecule has 1 amide bonds. The number of amides is 1. The Labute approximate surface area is 123 Å². The zero-order valence-corrected chi connectivity index (χ0v) is 11.8. The number of carbonyl (C=O) groups excluding carboxylic acids is 1. The first-order valence-electron chi connectivity index (χ1n) is 7.05. The molecule has 0 aliphatic carbocycles. The lowest BCUT2D eigenvalue weighted by atomic mass is 10.0. The molecule has 5 heteroatoms. The van der Waals surface area contributed by atoms with Crippen molar-refractivity contribution in [3.63, 3.8) is 0 Å². The predicted molar refractivity (Wildman–Crippen MR) is 78.2 cm³/mol. The normalized spacial score (nSPS) is 17.7. The number of hydrogen-bond acceptors (Lipinski definition) is 3. The highest BCUT2D eigenvalue weighted by atomic mass is 19.1. The third kappa shape index (κ3) is 4.55. The van der Waals surface area contributed by atoms with Gasteiger partial charge in [0.1, 0.15) is 5.82 Å². The Morgan fingerprint density at radius 1 is 1.52 bits per heavy atom. The summed E-state index contributed by atoms with van der Waals surface area (Å²) in [4.78, 5) is 12.2. The summed E-state index contributed by atoms with van der Waals surface area (Å²) in [6.07, 6.45) is 2.06. The zero-order valence-electron chi connectivity index (χ0n) is 11.8. The van der Waals surface area contributed by atoms with Crippen LogP contribution in [0.25, 0.3) is 0 Å². The maximum absolute atomic E-state index is 13.3. The molecule has 112 valence electrons. The van der Waals surface area contributed by atoms with Gasteiger partial charge in [0.25, 0.3) is 5.91 Å². The minimum Gasteiger partial charge on any atom is -0.381 e. The maximum atomic E-state index is 13.3. The average Bonchev–Trinajstić information content (AvgIpc) is 2.51. The summed E-state index contributed by atoms with van der Waals surface area (Å²) in [5.74, 6) is 5.04. The van der Waals surface area contributed by atoms with Crippen LogP contribution in [0.3, 0.4) is 0 Å². The lowest BCUT2D eigenvalue weighted by Gasteiger charge is -2.22. The van der Waals surface area contributed by atoms with Gasteiger partial charge in [0.05, 0.1) is 18.7 Å².